The van der Waals surface area contributed by atoms with Crippen molar-refractivity contribution < 1.29 is 22.9 Å². The second-order valence-electron chi connectivity index (χ2n) is 14.5. The third-order valence-electron chi connectivity index (χ3n) is 8.95. The van der Waals surface area contributed by atoms with Crippen LogP contribution in [0.5, 0.6) is 0 Å². The van der Waals surface area contributed by atoms with E-state index in [1.807, 2.05) is 13.0 Å². The number of anilines is 2. The van der Waals surface area contributed by atoms with Crippen LogP contribution in [0.2, 0.25) is 25.2 Å². The van der Waals surface area contributed by atoms with Gasteiger partial charge in [0.05, 0.1) is 29.5 Å². The van der Waals surface area contributed by atoms with Gasteiger partial charge in [-0.1, -0.05) is 50.3 Å². The molecule has 1 aliphatic heterocycles. The van der Waals surface area contributed by atoms with Gasteiger partial charge in [0.15, 0.2) is 0 Å². The van der Waals surface area contributed by atoms with Crippen molar-refractivity contribution in [2.24, 2.45) is 7.05 Å². The smallest absolute Gasteiger partial charge is 0.340 e. The highest BCUT2D eigenvalue weighted by Crippen LogP contribution is 2.40. The van der Waals surface area contributed by atoms with Crippen LogP contribution in [0, 0.1) is 17.0 Å². The van der Waals surface area contributed by atoms with Gasteiger partial charge in [0.25, 0.3) is 21.3 Å². The molecule has 260 valence electrons. The summed E-state index contributed by atoms with van der Waals surface area (Å²) in [6, 6.07) is 15.8. The lowest BCUT2D eigenvalue weighted by molar-refractivity contribution is -0.384. The Bertz CT molecular complexity index is 2130. The van der Waals surface area contributed by atoms with Crippen molar-refractivity contribution in [1.29, 1.82) is 0 Å². The van der Waals surface area contributed by atoms with Crippen molar-refractivity contribution in [3.63, 3.8) is 0 Å². The number of ether oxygens (including phenoxy) is 1. The normalized spacial score (nSPS) is 15.6. The summed E-state index contributed by atoms with van der Waals surface area (Å²) in [5, 5.41) is 13.1. The quantitative estimate of drug-likeness (QED) is 0.0926. The zero-order valence-corrected chi connectivity index (χ0v) is 31.0. The molecule has 4 aromatic rings. The molecule has 1 atom stereocenters. The van der Waals surface area contributed by atoms with Crippen LogP contribution in [0.1, 0.15) is 60.7 Å². The molecule has 1 unspecified atom stereocenters. The van der Waals surface area contributed by atoms with Gasteiger partial charge in [0.1, 0.15) is 16.2 Å². The fourth-order valence-corrected chi connectivity index (χ4v) is 9.50. The number of esters is 1. The molecule has 0 aliphatic carbocycles. The second kappa shape index (κ2) is 13.0. The number of carbonyl (C=O) groups is 1. The number of nitro groups is 1. The van der Waals surface area contributed by atoms with Crippen LogP contribution in [0.15, 0.2) is 64.3 Å². The number of nitrogens with one attached hydrogen (secondary N) is 1. The fraction of sp³-hybridized carbons (Fsp3) is 0.400. The van der Waals surface area contributed by atoms with Gasteiger partial charge >= 0.3 is 5.97 Å². The van der Waals surface area contributed by atoms with Crippen molar-refractivity contribution in [1.82, 2.24) is 9.55 Å². The minimum Gasteiger partial charge on any atom is -0.456 e. The Labute approximate surface area is 287 Å². The maximum absolute atomic E-state index is 13.7. The first-order valence-electron chi connectivity index (χ1n) is 16.2. The molecule has 0 bridgehead atoms. The van der Waals surface area contributed by atoms with Crippen LogP contribution >= 0.6 is 0 Å². The van der Waals surface area contributed by atoms with E-state index in [2.05, 4.69) is 22.7 Å². The first-order valence-corrected chi connectivity index (χ1v) is 21.1. The molecule has 0 radical (unpaired) electrons. The van der Waals surface area contributed by atoms with Gasteiger partial charge in [-0.2, -0.15) is 0 Å². The third-order valence-corrected chi connectivity index (χ3v) is 13.5. The van der Waals surface area contributed by atoms with Crippen molar-refractivity contribution in [3.8, 4) is 0 Å². The molecule has 12 nitrogen and oxygen atoms in total. The Morgan fingerprint density at radius 2 is 1.71 bits per heavy atom. The topological polar surface area (TPSA) is 154 Å². The van der Waals surface area contributed by atoms with Gasteiger partial charge in [-0.3, -0.25) is 24.2 Å². The second-order valence-corrected chi connectivity index (χ2v) is 21.5. The predicted octanol–water partition coefficient (Wildman–Crippen LogP) is 6.59. The summed E-state index contributed by atoms with van der Waals surface area (Å²) >= 11 is 0. The van der Waals surface area contributed by atoms with Crippen molar-refractivity contribution in [2.45, 2.75) is 76.2 Å². The molecule has 49 heavy (non-hydrogen) atoms. The standard InChI is InChI=1S/C35H43N5O7SSi/c1-22-20-26(30-27(21-22)32(41)38(6)34(36-30)39-16-18-49(7,8)19-17-39)23(2)24-13-11-14-28(31(24)40(43)44)37-48(45,46)29-15-10-9-12-25(29)33(42)47-35(3,4)5/h9-15,20-21,23,37H,16-19H2,1-8H3. The van der Waals surface area contributed by atoms with Gasteiger partial charge in [-0.25, -0.2) is 18.2 Å². The number of benzene rings is 3. The molecule has 1 aliphatic rings. The maximum atomic E-state index is 13.7. The molecule has 1 fully saturated rings. The van der Waals surface area contributed by atoms with Gasteiger partial charge in [0, 0.05) is 31.6 Å². The average Bonchev–Trinajstić information content (AvgIpc) is 3.01. The van der Waals surface area contributed by atoms with E-state index in [1.165, 1.54) is 36.4 Å². The number of nitro benzene ring substituents is 1. The zero-order valence-electron chi connectivity index (χ0n) is 29.2. The van der Waals surface area contributed by atoms with Gasteiger partial charge in [-0.15, -0.1) is 0 Å². The van der Waals surface area contributed by atoms with Crippen LogP contribution in [-0.4, -0.2) is 55.6 Å². The molecule has 0 saturated carbocycles. The van der Waals surface area contributed by atoms with E-state index < -0.39 is 46.2 Å². The van der Waals surface area contributed by atoms with Crippen LogP contribution in [0.3, 0.4) is 0 Å². The lowest BCUT2D eigenvalue weighted by Crippen LogP contribution is -2.44. The lowest BCUT2D eigenvalue weighted by atomic mass is 9.89. The molecule has 3 aromatic carbocycles. The van der Waals surface area contributed by atoms with Crippen molar-refractivity contribution >= 4 is 52.3 Å². The fourth-order valence-electron chi connectivity index (χ4n) is 6.23. The number of carbonyl (C=O) groups excluding carboxylic acids is 1. The van der Waals surface area contributed by atoms with Gasteiger partial charge in [-0.05, 0) is 75.2 Å². The van der Waals surface area contributed by atoms with Gasteiger partial charge < -0.3 is 9.64 Å². The van der Waals surface area contributed by atoms with Crippen LogP contribution < -0.4 is 15.2 Å². The van der Waals surface area contributed by atoms with Gasteiger partial charge in [0.2, 0.25) is 5.95 Å². The van der Waals surface area contributed by atoms with E-state index in [-0.39, 0.29) is 27.3 Å². The summed E-state index contributed by atoms with van der Waals surface area (Å²) in [5.41, 5.74) is 0.0631. The van der Waals surface area contributed by atoms with E-state index in [0.29, 0.717) is 22.4 Å². The summed E-state index contributed by atoms with van der Waals surface area (Å²) in [5.74, 6) is -0.953. The van der Waals surface area contributed by atoms with Crippen molar-refractivity contribution in [3.05, 3.63) is 97.3 Å². The minimum atomic E-state index is -4.50. The molecular weight excluding hydrogens is 663 g/mol. The van der Waals surface area contributed by atoms with Crippen LogP contribution in [0.25, 0.3) is 10.9 Å². The van der Waals surface area contributed by atoms with E-state index in [4.69, 9.17) is 9.72 Å². The molecule has 1 aromatic heterocycles. The summed E-state index contributed by atoms with van der Waals surface area (Å²) < 4.78 is 36.8. The number of nitrogens with zero attached hydrogens (tertiary/aromatic N) is 4. The lowest BCUT2D eigenvalue weighted by Gasteiger charge is -2.36. The number of rotatable bonds is 8. The zero-order chi connectivity index (χ0) is 36.1. The van der Waals surface area contributed by atoms with Crippen LogP contribution in [-0.2, 0) is 21.8 Å². The molecule has 0 spiro atoms. The number of hydrogen-bond acceptors (Lipinski definition) is 9. The maximum Gasteiger partial charge on any atom is 0.340 e. The molecular formula is C35H43N5O7SSi. The Hall–Kier alpha value is -4.56. The highest BCUT2D eigenvalue weighted by atomic mass is 32.2. The number of aromatic nitrogens is 2. The Morgan fingerprint density at radius 1 is 1.06 bits per heavy atom. The van der Waals surface area contributed by atoms with E-state index in [0.717, 1.165) is 30.7 Å². The van der Waals surface area contributed by atoms with Crippen LogP contribution in [0.4, 0.5) is 17.3 Å². The molecule has 14 heteroatoms. The Balaban J connectivity index is 1.60. The largest absolute Gasteiger partial charge is 0.456 e. The Morgan fingerprint density at radius 3 is 2.35 bits per heavy atom. The van der Waals surface area contributed by atoms with E-state index in [1.54, 1.807) is 51.4 Å². The summed E-state index contributed by atoms with van der Waals surface area (Å²) in [7, 11) is -4.09. The highest BCUT2D eigenvalue weighted by molar-refractivity contribution is 7.92. The van der Waals surface area contributed by atoms with E-state index >= 15 is 0 Å². The first kappa shape index (κ1) is 35.7. The monoisotopic (exact) mass is 705 g/mol. The molecule has 1 N–H and O–H groups in total. The summed E-state index contributed by atoms with van der Waals surface area (Å²) in [6.07, 6.45) is 0. The van der Waals surface area contributed by atoms with E-state index in [9.17, 15) is 28.1 Å². The molecule has 1 saturated heterocycles. The highest BCUT2D eigenvalue weighted by Gasteiger charge is 2.33. The number of hydrogen-bond donors (Lipinski definition) is 1. The number of para-hydroxylation sites is 1. The predicted molar refractivity (Wildman–Crippen MR) is 194 cm³/mol. The average molecular weight is 706 g/mol. The SMILES string of the molecule is Cc1cc(C(C)c2cccc(NS(=O)(=O)c3ccccc3C(=O)OC(C)(C)C)c2[N+](=O)[O-])c2nc(N3CC[Si](C)(C)CC3)n(C)c(=O)c2c1. The summed E-state index contributed by atoms with van der Waals surface area (Å²) in [6.45, 7) is 14.9. The number of fused-ring (bicyclic) bond motifs is 1. The molecule has 5 rings (SSSR count). The molecule has 0 amide bonds. The minimum absolute atomic E-state index is 0.202. The van der Waals surface area contributed by atoms with Crippen molar-refractivity contribution in [2.75, 3.05) is 22.7 Å². The first-order chi connectivity index (χ1) is 22.8. The summed E-state index contributed by atoms with van der Waals surface area (Å²) in [4.78, 5) is 45.5. The third kappa shape index (κ3) is 7.39. The Kier molecular flexibility index (Phi) is 9.51. The molecule has 2 heterocycles. The number of aryl methyl sites for hydroxylation is 1. The number of sulfonamides is 1.